The van der Waals surface area contributed by atoms with E-state index in [1.54, 1.807) is 24.8 Å². The molecule has 2 rings (SSSR count). The van der Waals surface area contributed by atoms with Crippen molar-refractivity contribution in [2.45, 2.75) is 32.3 Å². The maximum atomic E-state index is 12.5. The highest BCUT2D eigenvalue weighted by atomic mass is 16.6. The van der Waals surface area contributed by atoms with E-state index in [2.05, 4.69) is 0 Å². The van der Waals surface area contributed by atoms with E-state index in [1.165, 1.54) is 12.1 Å². The van der Waals surface area contributed by atoms with Crippen molar-refractivity contribution < 1.29 is 14.5 Å². The SMILES string of the molecule is CC1(C)Oc2cc([N+](=O)[O-])ccc2N(CCCCN)C1=O. The van der Waals surface area contributed by atoms with Crippen LogP contribution in [0.25, 0.3) is 0 Å². The molecule has 0 unspecified atom stereocenters. The molecule has 0 spiro atoms. The van der Waals surface area contributed by atoms with Crippen LogP contribution >= 0.6 is 0 Å². The fourth-order valence-electron chi connectivity index (χ4n) is 2.31. The summed E-state index contributed by atoms with van der Waals surface area (Å²) in [4.78, 5) is 24.5. The minimum absolute atomic E-state index is 0.0548. The van der Waals surface area contributed by atoms with Gasteiger partial charge in [0.25, 0.3) is 11.6 Å². The normalized spacial score (nSPS) is 16.3. The lowest BCUT2D eigenvalue weighted by Crippen LogP contribution is -2.52. The molecule has 1 aromatic carbocycles. The zero-order valence-corrected chi connectivity index (χ0v) is 12.2. The maximum Gasteiger partial charge on any atom is 0.273 e. The van der Waals surface area contributed by atoms with Gasteiger partial charge < -0.3 is 15.4 Å². The van der Waals surface area contributed by atoms with Crippen LogP contribution in [0.3, 0.4) is 0 Å². The van der Waals surface area contributed by atoms with Crippen LogP contribution in [0.1, 0.15) is 26.7 Å². The summed E-state index contributed by atoms with van der Waals surface area (Å²) in [6, 6.07) is 4.30. The molecule has 0 aliphatic carbocycles. The number of hydrogen-bond acceptors (Lipinski definition) is 5. The number of rotatable bonds is 5. The van der Waals surface area contributed by atoms with E-state index in [-0.39, 0.29) is 11.6 Å². The third-order valence-electron chi connectivity index (χ3n) is 3.41. The Bertz CT molecular complexity index is 571. The van der Waals surface area contributed by atoms with Crippen molar-refractivity contribution in [3.05, 3.63) is 28.3 Å². The number of hydrogen-bond donors (Lipinski definition) is 1. The van der Waals surface area contributed by atoms with Crippen LogP contribution in [0, 0.1) is 10.1 Å². The zero-order valence-electron chi connectivity index (χ0n) is 12.2. The van der Waals surface area contributed by atoms with Gasteiger partial charge >= 0.3 is 0 Å². The molecule has 0 radical (unpaired) electrons. The summed E-state index contributed by atoms with van der Waals surface area (Å²) in [5.74, 6) is 0.211. The van der Waals surface area contributed by atoms with Gasteiger partial charge in [-0.05, 0) is 39.3 Å². The van der Waals surface area contributed by atoms with Crippen LogP contribution in [0.15, 0.2) is 18.2 Å². The number of carbonyl (C=O) groups is 1. The maximum absolute atomic E-state index is 12.5. The molecule has 21 heavy (non-hydrogen) atoms. The van der Waals surface area contributed by atoms with Gasteiger partial charge in [-0.15, -0.1) is 0 Å². The predicted molar refractivity (Wildman–Crippen MR) is 78.4 cm³/mol. The molecule has 1 aliphatic rings. The van der Waals surface area contributed by atoms with Crippen molar-refractivity contribution in [3.63, 3.8) is 0 Å². The first kappa shape index (κ1) is 15.2. The van der Waals surface area contributed by atoms with Gasteiger partial charge in [0.15, 0.2) is 11.4 Å². The fourth-order valence-corrected chi connectivity index (χ4v) is 2.31. The molecule has 7 heteroatoms. The molecule has 1 heterocycles. The number of nitro groups is 1. The van der Waals surface area contributed by atoms with Crippen LogP contribution in [0.4, 0.5) is 11.4 Å². The molecule has 0 fully saturated rings. The average molecular weight is 293 g/mol. The van der Waals surface area contributed by atoms with E-state index >= 15 is 0 Å². The molecule has 0 aromatic heterocycles. The number of non-ortho nitro benzene ring substituents is 1. The van der Waals surface area contributed by atoms with Crippen molar-refractivity contribution in [1.82, 2.24) is 0 Å². The van der Waals surface area contributed by atoms with Crippen LogP contribution in [-0.4, -0.2) is 29.5 Å². The lowest BCUT2D eigenvalue weighted by atomic mass is 10.0. The number of ether oxygens (including phenoxy) is 1. The minimum Gasteiger partial charge on any atom is -0.476 e. The lowest BCUT2D eigenvalue weighted by molar-refractivity contribution is -0.385. The van der Waals surface area contributed by atoms with Gasteiger partial charge in [0.05, 0.1) is 16.7 Å². The summed E-state index contributed by atoms with van der Waals surface area (Å²) in [5, 5.41) is 10.9. The Morgan fingerprint density at radius 3 is 2.71 bits per heavy atom. The monoisotopic (exact) mass is 293 g/mol. The fraction of sp³-hybridized carbons (Fsp3) is 0.500. The van der Waals surface area contributed by atoms with E-state index < -0.39 is 10.5 Å². The Balaban J connectivity index is 2.38. The van der Waals surface area contributed by atoms with Gasteiger partial charge in [-0.1, -0.05) is 0 Å². The standard InChI is InChI=1S/C14H19N3O4/c1-14(2)13(18)16(8-4-3-7-15)11-6-5-10(17(19)20)9-12(11)21-14/h5-6,9H,3-4,7-8,15H2,1-2H3. The predicted octanol–water partition coefficient (Wildman–Crippen LogP) is 1.84. The molecule has 114 valence electrons. The van der Waals surface area contributed by atoms with E-state index in [1.807, 2.05) is 0 Å². The van der Waals surface area contributed by atoms with Crippen molar-refractivity contribution in [2.24, 2.45) is 5.73 Å². The van der Waals surface area contributed by atoms with E-state index in [0.29, 0.717) is 24.5 Å². The Morgan fingerprint density at radius 2 is 2.10 bits per heavy atom. The molecule has 0 saturated carbocycles. The van der Waals surface area contributed by atoms with E-state index in [4.69, 9.17) is 10.5 Å². The molecular formula is C14H19N3O4. The van der Waals surface area contributed by atoms with E-state index in [9.17, 15) is 14.9 Å². The highest BCUT2D eigenvalue weighted by Gasteiger charge is 2.41. The molecular weight excluding hydrogens is 274 g/mol. The van der Waals surface area contributed by atoms with Crippen molar-refractivity contribution in [2.75, 3.05) is 18.0 Å². The zero-order chi connectivity index (χ0) is 15.6. The van der Waals surface area contributed by atoms with Gasteiger partial charge in [0, 0.05) is 12.6 Å². The number of nitrogens with zero attached hydrogens (tertiary/aromatic N) is 2. The first-order valence-corrected chi connectivity index (χ1v) is 6.86. The second-order valence-corrected chi connectivity index (χ2v) is 5.47. The van der Waals surface area contributed by atoms with E-state index in [0.717, 1.165) is 12.8 Å². The molecule has 0 bridgehead atoms. The number of nitrogens with two attached hydrogens (primary N) is 1. The molecule has 7 nitrogen and oxygen atoms in total. The third-order valence-corrected chi connectivity index (χ3v) is 3.41. The number of unbranched alkanes of at least 4 members (excludes halogenated alkanes) is 1. The second kappa shape index (κ2) is 5.69. The van der Waals surface area contributed by atoms with Crippen molar-refractivity contribution in [3.8, 4) is 5.75 Å². The van der Waals surface area contributed by atoms with Crippen molar-refractivity contribution >= 4 is 17.3 Å². The molecule has 0 atom stereocenters. The highest BCUT2D eigenvalue weighted by Crippen LogP contribution is 2.39. The number of benzene rings is 1. The minimum atomic E-state index is -1.04. The largest absolute Gasteiger partial charge is 0.476 e. The lowest BCUT2D eigenvalue weighted by Gasteiger charge is -2.38. The summed E-state index contributed by atoms with van der Waals surface area (Å²) < 4.78 is 5.64. The van der Waals surface area contributed by atoms with Crippen LogP contribution in [0.2, 0.25) is 0 Å². The third kappa shape index (κ3) is 2.97. The molecule has 0 saturated heterocycles. The molecule has 1 amide bonds. The van der Waals surface area contributed by atoms with Gasteiger partial charge in [-0.3, -0.25) is 14.9 Å². The first-order valence-electron chi connectivity index (χ1n) is 6.86. The Morgan fingerprint density at radius 1 is 1.38 bits per heavy atom. The number of amides is 1. The van der Waals surface area contributed by atoms with Gasteiger partial charge in [-0.25, -0.2) is 0 Å². The van der Waals surface area contributed by atoms with Gasteiger partial charge in [-0.2, -0.15) is 0 Å². The molecule has 2 N–H and O–H groups in total. The van der Waals surface area contributed by atoms with Crippen molar-refractivity contribution in [1.29, 1.82) is 0 Å². The smallest absolute Gasteiger partial charge is 0.273 e. The van der Waals surface area contributed by atoms with Crippen LogP contribution in [-0.2, 0) is 4.79 Å². The highest BCUT2D eigenvalue weighted by molar-refractivity contribution is 6.02. The summed E-state index contributed by atoms with van der Waals surface area (Å²) in [6.45, 7) is 4.41. The topological polar surface area (TPSA) is 98.7 Å². The van der Waals surface area contributed by atoms with Crippen LogP contribution < -0.4 is 15.4 Å². The van der Waals surface area contributed by atoms with Gasteiger partial charge in [0.2, 0.25) is 0 Å². The summed E-state index contributed by atoms with van der Waals surface area (Å²) >= 11 is 0. The number of carbonyl (C=O) groups excluding carboxylic acids is 1. The average Bonchev–Trinajstić information content (AvgIpc) is 2.42. The molecule has 1 aromatic rings. The number of fused-ring (bicyclic) bond motifs is 1. The van der Waals surface area contributed by atoms with Crippen LogP contribution in [0.5, 0.6) is 5.75 Å². The molecule has 1 aliphatic heterocycles. The first-order chi connectivity index (χ1) is 9.86. The summed E-state index contributed by atoms with van der Waals surface area (Å²) in [6.07, 6.45) is 1.59. The Labute approximate surface area is 122 Å². The quantitative estimate of drug-likeness (QED) is 0.507. The number of anilines is 1. The van der Waals surface area contributed by atoms with Gasteiger partial charge in [0.1, 0.15) is 0 Å². The second-order valence-electron chi connectivity index (χ2n) is 5.47. The summed E-state index contributed by atoms with van der Waals surface area (Å²) in [7, 11) is 0. The Kier molecular flexibility index (Phi) is 4.13. The Hall–Kier alpha value is -2.15. The summed E-state index contributed by atoms with van der Waals surface area (Å²) in [5.41, 5.74) is 4.96. The number of nitro benzene ring substituents is 1.